The lowest BCUT2D eigenvalue weighted by atomic mass is 10.1. The van der Waals surface area contributed by atoms with Gasteiger partial charge in [-0.3, -0.25) is 14.5 Å². The van der Waals surface area contributed by atoms with Crippen molar-refractivity contribution in [3.63, 3.8) is 0 Å². The quantitative estimate of drug-likeness (QED) is 0.179. The van der Waals surface area contributed by atoms with Crippen LogP contribution >= 0.6 is 0 Å². The van der Waals surface area contributed by atoms with Gasteiger partial charge in [-0.1, -0.05) is 5.16 Å². The molecule has 2 amide bonds. The highest BCUT2D eigenvalue weighted by atomic mass is 19.4. The van der Waals surface area contributed by atoms with Crippen molar-refractivity contribution in [2.24, 2.45) is 7.05 Å². The maximum atomic E-state index is 13.5. The first kappa shape index (κ1) is 38.7. The predicted octanol–water partition coefficient (Wildman–Crippen LogP) is 5.63. The number of amides is 2. The summed E-state index contributed by atoms with van der Waals surface area (Å²) in [7, 11) is 3.38. The van der Waals surface area contributed by atoms with Crippen LogP contribution < -0.4 is 9.64 Å². The Labute approximate surface area is 306 Å². The highest BCUT2D eigenvalue weighted by Gasteiger charge is 2.30. The van der Waals surface area contributed by atoms with Crippen LogP contribution in [0.2, 0.25) is 0 Å². The standard InChI is InChI=1S/C33H31F3N6O4.C4H4O4/c1-21-16-25(38-46-21)20-41-12-14-42(15-13-41)32(44)29-18-23-17-27(9-10-28(23)40(29)3)45-30-11-8-26(19-37-30)39(2)31(43)22-4-6-24(7-5-22)33(34,35)36;5-3(6)1-2-4(7)8/h4-11,16-19H,12-15,20H2,1-3H3;1-2H,(H,5,6)(H,7,8)/b;2-1-. The van der Waals surface area contributed by atoms with E-state index >= 15 is 0 Å². The molecule has 0 atom stereocenters. The highest BCUT2D eigenvalue weighted by molar-refractivity contribution is 6.05. The zero-order valence-electron chi connectivity index (χ0n) is 29.3. The third-order valence-electron chi connectivity index (χ3n) is 8.42. The Kier molecular flexibility index (Phi) is 11.8. The summed E-state index contributed by atoms with van der Waals surface area (Å²) < 4.78 is 51.6. The molecule has 5 aromatic rings. The minimum Gasteiger partial charge on any atom is -0.478 e. The lowest BCUT2D eigenvalue weighted by Crippen LogP contribution is -2.48. The van der Waals surface area contributed by atoms with Gasteiger partial charge in [-0.2, -0.15) is 13.2 Å². The summed E-state index contributed by atoms with van der Waals surface area (Å²) in [6, 6.07) is 16.6. The molecule has 54 heavy (non-hydrogen) atoms. The van der Waals surface area contributed by atoms with Crippen LogP contribution in [0, 0.1) is 6.92 Å². The largest absolute Gasteiger partial charge is 0.478 e. The fourth-order valence-corrected chi connectivity index (χ4v) is 5.60. The zero-order chi connectivity index (χ0) is 39.2. The molecule has 0 saturated carbocycles. The predicted molar refractivity (Wildman–Crippen MR) is 188 cm³/mol. The number of nitrogens with zero attached hydrogens (tertiary/aromatic N) is 6. The number of carbonyl (C=O) groups excluding carboxylic acids is 2. The number of hydrogen-bond donors (Lipinski definition) is 2. The fourth-order valence-electron chi connectivity index (χ4n) is 5.60. The fraction of sp³-hybridized carbons (Fsp3) is 0.243. The third kappa shape index (κ3) is 9.68. The summed E-state index contributed by atoms with van der Waals surface area (Å²) >= 11 is 0. The van der Waals surface area contributed by atoms with E-state index < -0.39 is 29.6 Å². The molecule has 14 nitrogen and oxygen atoms in total. The molecule has 6 rings (SSSR count). The number of halogens is 3. The second-order valence-corrected chi connectivity index (χ2v) is 12.2. The molecule has 1 fully saturated rings. The molecule has 17 heteroatoms. The van der Waals surface area contributed by atoms with Gasteiger partial charge in [0.25, 0.3) is 11.8 Å². The van der Waals surface area contributed by atoms with Crippen molar-refractivity contribution < 1.29 is 51.8 Å². The van der Waals surface area contributed by atoms with Crippen LogP contribution in [-0.4, -0.2) is 91.7 Å². The molecule has 2 N–H and O–H groups in total. The number of pyridine rings is 1. The molecule has 0 bridgehead atoms. The Bertz CT molecular complexity index is 2150. The molecule has 0 aliphatic carbocycles. The number of fused-ring (bicyclic) bond motifs is 1. The second-order valence-electron chi connectivity index (χ2n) is 12.2. The molecule has 1 saturated heterocycles. The van der Waals surface area contributed by atoms with Crippen LogP contribution in [0.25, 0.3) is 10.9 Å². The van der Waals surface area contributed by atoms with Gasteiger partial charge < -0.3 is 33.8 Å². The number of carboxylic acids is 2. The SMILES string of the molecule is Cc1cc(CN2CCN(C(=O)c3cc4cc(Oc5ccc(N(C)C(=O)c6ccc(C(F)(F)F)cc6)cn5)ccc4n3C)CC2)no1.O=C(O)/C=C\C(=O)O. The molecule has 1 aliphatic rings. The van der Waals surface area contributed by atoms with Crippen molar-refractivity contribution >= 4 is 40.3 Å². The van der Waals surface area contributed by atoms with E-state index in [4.69, 9.17) is 19.5 Å². The Hall–Kier alpha value is -6.49. The highest BCUT2D eigenvalue weighted by Crippen LogP contribution is 2.30. The van der Waals surface area contributed by atoms with Crippen LogP contribution in [0.15, 0.2) is 89.6 Å². The Balaban J connectivity index is 0.000000631. The van der Waals surface area contributed by atoms with E-state index in [1.54, 1.807) is 18.2 Å². The molecule has 0 unspecified atom stereocenters. The normalized spacial score (nSPS) is 13.4. The van der Waals surface area contributed by atoms with Gasteiger partial charge in [0.1, 0.15) is 17.2 Å². The second kappa shape index (κ2) is 16.5. The first-order valence-corrected chi connectivity index (χ1v) is 16.4. The maximum Gasteiger partial charge on any atom is 0.416 e. The van der Waals surface area contributed by atoms with Crippen molar-refractivity contribution in [1.29, 1.82) is 0 Å². The number of anilines is 1. The Morgan fingerprint density at radius 1 is 0.926 bits per heavy atom. The first-order valence-electron chi connectivity index (χ1n) is 16.4. The molecule has 0 radical (unpaired) electrons. The average molecular weight is 749 g/mol. The maximum absolute atomic E-state index is 13.5. The van der Waals surface area contributed by atoms with Crippen LogP contribution in [0.4, 0.5) is 18.9 Å². The lowest BCUT2D eigenvalue weighted by Gasteiger charge is -2.34. The number of rotatable bonds is 9. The van der Waals surface area contributed by atoms with Crippen molar-refractivity contribution in [3.05, 3.63) is 113 Å². The number of aromatic nitrogens is 3. The number of benzene rings is 2. The van der Waals surface area contributed by atoms with Crippen LogP contribution in [0.1, 0.15) is 37.9 Å². The summed E-state index contributed by atoms with van der Waals surface area (Å²) in [5, 5.41) is 20.5. The Morgan fingerprint density at radius 2 is 1.59 bits per heavy atom. The molecule has 2 aromatic carbocycles. The Morgan fingerprint density at radius 3 is 2.15 bits per heavy atom. The third-order valence-corrected chi connectivity index (χ3v) is 8.42. The van der Waals surface area contributed by atoms with Gasteiger partial charge in [-0.15, -0.1) is 0 Å². The van der Waals surface area contributed by atoms with Gasteiger partial charge in [-0.25, -0.2) is 14.6 Å². The minimum atomic E-state index is -4.48. The van der Waals surface area contributed by atoms with E-state index in [1.165, 1.54) is 18.1 Å². The van der Waals surface area contributed by atoms with Gasteiger partial charge >= 0.3 is 18.1 Å². The van der Waals surface area contributed by atoms with Crippen molar-refractivity contribution in [2.45, 2.75) is 19.6 Å². The number of carboxylic acid groups (broad SMARTS) is 2. The van der Waals surface area contributed by atoms with E-state index in [1.807, 2.05) is 47.7 Å². The number of piperazine rings is 1. The van der Waals surface area contributed by atoms with E-state index in [0.29, 0.717) is 48.9 Å². The van der Waals surface area contributed by atoms with Crippen molar-refractivity contribution in [3.8, 4) is 11.6 Å². The molecular weight excluding hydrogens is 713 g/mol. The summed E-state index contributed by atoms with van der Waals surface area (Å²) in [6.45, 7) is 5.25. The average Bonchev–Trinajstić information content (AvgIpc) is 3.71. The summed E-state index contributed by atoms with van der Waals surface area (Å²) in [5.74, 6) is -1.45. The van der Waals surface area contributed by atoms with E-state index in [9.17, 15) is 32.3 Å². The van der Waals surface area contributed by atoms with E-state index in [-0.39, 0.29) is 17.4 Å². The zero-order valence-corrected chi connectivity index (χ0v) is 29.3. The van der Waals surface area contributed by atoms with Crippen molar-refractivity contribution in [2.75, 3.05) is 38.1 Å². The lowest BCUT2D eigenvalue weighted by molar-refractivity contribution is -0.137. The molecular formula is C37H35F3N6O8. The van der Waals surface area contributed by atoms with E-state index in [2.05, 4.69) is 15.0 Å². The first-order chi connectivity index (χ1) is 25.6. The molecule has 0 spiro atoms. The van der Waals surface area contributed by atoms with Gasteiger partial charge in [0, 0.05) is 87.6 Å². The number of aryl methyl sites for hydroxylation is 2. The number of aliphatic carboxylic acids is 2. The summed E-state index contributed by atoms with van der Waals surface area (Å²) in [4.78, 5) is 55.1. The summed E-state index contributed by atoms with van der Waals surface area (Å²) in [5.41, 5.74) is 2.07. The smallest absolute Gasteiger partial charge is 0.416 e. The molecule has 3 aromatic heterocycles. The molecule has 1 aliphatic heterocycles. The van der Waals surface area contributed by atoms with Gasteiger partial charge in [0.2, 0.25) is 5.88 Å². The summed E-state index contributed by atoms with van der Waals surface area (Å²) in [6.07, 6.45) is -1.92. The molecule has 282 valence electrons. The number of ether oxygens (including phenoxy) is 1. The number of carbonyl (C=O) groups is 4. The topological polar surface area (TPSA) is 172 Å². The van der Waals surface area contributed by atoms with Gasteiger partial charge in [-0.05, 0) is 61.5 Å². The van der Waals surface area contributed by atoms with Crippen LogP contribution in [0.5, 0.6) is 11.6 Å². The minimum absolute atomic E-state index is 0.0367. The van der Waals surface area contributed by atoms with Crippen LogP contribution in [0.3, 0.4) is 0 Å². The number of alkyl halides is 3. The van der Waals surface area contributed by atoms with Gasteiger partial charge in [0.15, 0.2) is 0 Å². The van der Waals surface area contributed by atoms with Crippen LogP contribution in [-0.2, 0) is 29.4 Å². The van der Waals surface area contributed by atoms with Gasteiger partial charge in [0.05, 0.1) is 23.1 Å². The van der Waals surface area contributed by atoms with Crippen molar-refractivity contribution in [1.82, 2.24) is 24.5 Å². The van der Waals surface area contributed by atoms with E-state index in [0.717, 1.165) is 59.7 Å². The number of hydrogen-bond acceptors (Lipinski definition) is 9. The monoisotopic (exact) mass is 748 g/mol. The molecule has 4 heterocycles.